The third-order valence-electron chi connectivity index (χ3n) is 6.76. The number of anilines is 1. The summed E-state index contributed by atoms with van der Waals surface area (Å²) in [5.74, 6) is -1.15. The van der Waals surface area contributed by atoms with E-state index in [2.05, 4.69) is 20.8 Å². The Morgan fingerprint density at radius 1 is 1.12 bits per heavy atom. The molecule has 2 N–H and O–H groups in total. The van der Waals surface area contributed by atoms with Crippen LogP contribution in [0.15, 0.2) is 59.8 Å². The van der Waals surface area contributed by atoms with Crippen molar-refractivity contribution in [3.8, 4) is 0 Å². The number of benzene rings is 2. The Kier molecular flexibility index (Phi) is 9.33. The first-order valence-corrected chi connectivity index (χ1v) is 15.3. The van der Waals surface area contributed by atoms with Gasteiger partial charge in [0.2, 0.25) is 5.91 Å². The lowest BCUT2D eigenvalue weighted by atomic mass is 10.1. The number of rotatable bonds is 11. The third-order valence-corrected chi connectivity index (χ3v) is 9.05. The van der Waals surface area contributed by atoms with Crippen molar-refractivity contribution >= 4 is 45.9 Å². The second kappa shape index (κ2) is 13.3. The molecule has 2 aromatic carbocycles. The highest BCUT2D eigenvalue weighted by molar-refractivity contribution is 8.00. The number of amides is 2. The Morgan fingerprint density at radius 3 is 2.69 bits per heavy atom. The van der Waals surface area contributed by atoms with E-state index in [0.717, 1.165) is 35.3 Å². The van der Waals surface area contributed by atoms with Gasteiger partial charge in [0.1, 0.15) is 10.8 Å². The van der Waals surface area contributed by atoms with Crippen molar-refractivity contribution in [2.75, 3.05) is 11.9 Å². The molecule has 0 radical (unpaired) electrons. The molecule has 42 heavy (non-hydrogen) atoms. The van der Waals surface area contributed by atoms with Crippen molar-refractivity contribution in [3.05, 3.63) is 93.4 Å². The number of carbonyl (C=O) groups is 3. The number of carbonyl (C=O) groups excluding carboxylic acids is 3. The SMILES string of the molecule is CCOC(=O)c1c(NC(=O)[C@@H](C)Sc2nnc(CNC(=O)c3cccc(F)c3)n2Cc2ccccc2)sc2c1CCC2. The monoisotopic (exact) mass is 607 g/mol. The molecule has 1 aliphatic carbocycles. The van der Waals surface area contributed by atoms with Gasteiger partial charge in [0.15, 0.2) is 11.0 Å². The molecule has 0 fully saturated rings. The van der Waals surface area contributed by atoms with Gasteiger partial charge in [0.25, 0.3) is 5.91 Å². The molecular formula is C30H30FN5O4S2. The van der Waals surface area contributed by atoms with Crippen molar-refractivity contribution in [3.63, 3.8) is 0 Å². The van der Waals surface area contributed by atoms with E-state index in [1.165, 1.54) is 47.4 Å². The summed E-state index contributed by atoms with van der Waals surface area (Å²) in [6.45, 7) is 4.25. The third kappa shape index (κ3) is 6.71. The second-order valence-electron chi connectivity index (χ2n) is 9.69. The van der Waals surface area contributed by atoms with Crippen LogP contribution in [0.5, 0.6) is 0 Å². The summed E-state index contributed by atoms with van der Waals surface area (Å²) < 4.78 is 20.7. The van der Waals surface area contributed by atoms with E-state index in [-0.39, 0.29) is 24.6 Å². The smallest absolute Gasteiger partial charge is 0.341 e. The van der Waals surface area contributed by atoms with Gasteiger partial charge in [-0.15, -0.1) is 21.5 Å². The molecule has 0 spiro atoms. The number of thioether (sulfide) groups is 1. The Labute approximate surface area is 250 Å². The number of ether oxygens (including phenoxy) is 1. The lowest BCUT2D eigenvalue weighted by molar-refractivity contribution is -0.115. The molecule has 2 heterocycles. The zero-order valence-electron chi connectivity index (χ0n) is 23.2. The standard InChI is InChI=1S/C30H30FN5O4S2/c1-3-40-29(39)25-22-13-8-14-23(22)42-28(25)33-26(37)18(2)41-30-35-34-24(36(30)17-19-9-5-4-6-10-19)16-32-27(38)20-11-7-12-21(31)15-20/h4-7,9-12,15,18H,3,8,13-14,16-17H2,1-2H3,(H,32,38)(H,33,37)/t18-/m1/s1. The number of aryl methyl sites for hydroxylation is 1. The molecule has 0 bridgehead atoms. The molecule has 0 aliphatic heterocycles. The number of nitrogens with zero attached hydrogens (tertiary/aromatic N) is 3. The molecule has 5 rings (SSSR count). The highest BCUT2D eigenvalue weighted by atomic mass is 32.2. The fourth-order valence-electron chi connectivity index (χ4n) is 4.69. The highest BCUT2D eigenvalue weighted by Crippen LogP contribution is 2.40. The fourth-order valence-corrected chi connectivity index (χ4v) is 6.84. The molecule has 9 nitrogen and oxygen atoms in total. The van der Waals surface area contributed by atoms with E-state index >= 15 is 0 Å². The van der Waals surface area contributed by atoms with Crippen molar-refractivity contribution in [1.82, 2.24) is 20.1 Å². The number of thiophene rings is 1. The zero-order valence-corrected chi connectivity index (χ0v) is 24.8. The van der Waals surface area contributed by atoms with E-state index < -0.39 is 22.9 Å². The van der Waals surface area contributed by atoms with Crippen LogP contribution in [-0.4, -0.2) is 44.4 Å². The molecule has 0 saturated carbocycles. The average Bonchev–Trinajstić information content (AvgIpc) is 3.67. The minimum Gasteiger partial charge on any atom is -0.462 e. The van der Waals surface area contributed by atoms with Crippen molar-refractivity contribution in [2.45, 2.75) is 56.6 Å². The molecule has 0 saturated heterocycles. The van der Waals surface area contributed by atoms with Crippen LogP contribution in [0.3, 0.4) is 0 Å². The molecule has 2 aromatic heterocycles. The van der Waals surface area contributed by atoms with Crippen LogP contribution in [0.1, 0.15) is 62.8 Å². The first-order chi connectivity index (χ1) is 20.3. The lowest BCUT2D eigenvalue weighted by Gasteiger charge is -2.14. The summed E-state index contributed by atoms with van der Waals surface area (Å²) >= 11 is 2.66. The zero-order chi connectivity index (χ0) is 29.6. The van der Waals surface area contributed by atoms with Crippen molar-refractivity contribution in [1.29, 1.82) is 0 Å². The summed E-state index contributed by atoms with van der Waals surface area (Å²) in [6.07, 6.45) is 2.66. The summed E-state index contributed by atoms with van der Waals surface area (Å²) in [7, 11) is 0. The van der Waals surface area contributed by atoms with Crippen LogP contribution >= 0.6 is 23.1 Å². The Balaban J connectivity index is 1.33. The average molecular weight is 608 g/mol. The van der Waals surface area contributed by atoms with E-state index in [1.807, 2.05) is 34.9 Å². The van der Waals surface area contributed by atoms with Crippen LogP contribution in [0.2, 0.25) is 0 Å². The Bertz CT molecular complexity index is 1600. The summed E-state index contributed by atoms with van der Waals surface area (Å²) in [5.41, 5.74) is 2.62. The summed E-state index contributed by atoms with van der Waals surface area (Å²) in [6, 6.07) is 15.1. The maximum absolute atomic E-state index is 13.6. The molecule has 2 amide bonds. The van der Waals surface area contributed by atoms with Gasteiger partial charge in [0.05, 0.1) is 30.5 Å². The normalized spacial score (nSPS) is 12.9. The predicted molar refractivity (Wildman–Crippen MR) is 159 cm³/mol. The van der Waals surface area contributed by atoms with Gasteiger partial charge >= 0.3 is 5.97 Å². The first kappa shape index (κ1) is 29.5. The molecular weight excluding hydrogens is 577 g/mol. The van der Waals surface area contributed by atoms with Crippen LogP contribution < -0.4 is 10.6 Å². The van der Waals surface area contributed by atoms with Gasteiger partial charge in [-0.25, -0.2) is 9.18 Å². The van der Waals surface area contributed by atoms with Gasteiger partial charge in [-0.1, -0.05) is 48.2 Å². The van der Waals surface area contributed by atoms with Crippen LogP contribution in [0.25, 0.3) is 0 Å². The molecule has 0 unspecified atom stereocenters. The number of hydrogen-bond donors (Lipinski definition) is 2. The van der Waals surface area contributed by atoms with Gasteiger partial charge in [0, 0.05) is 10.4 Å². The first-order valence-electron chi connectivity index (χ1n) is 13.6. The fraction of sp³-hybridized carbons (Fsp3) is 0.300. The van der Waals surface area contributed by atoms with Crippen molar-refractivity contribution in [2.24, 2.45) is 0 Å². The van der Waals surface area contributed by atoms with Crippen molar-refractivity contribution < 1.29 is 23.5 Å². The predicted octanol–water partition coefficient (Wildman–Crippen LogP) is 5.24. The van der Waals surface area contributed by atoms with E-state index in [0.29, 0.717) is 28.1 Å². The van der Waals surface area contributed by atoms with Gasteiger partial charge in [-0.2, -0.15) is 0 Å². The van der Waals surface area contributed by atoms with E-state index in [1.54, 1.807) is 13.8 Å². The van der Waals surface area contributed by atoms with Crippen LogP contribution in [0.4, 0.5) is 9.39 Å². The quantitative estimate of drug-likeness (QED) is 0.177. The number of aromatic nitrogens is 3. The molecule has 1 aliphatic rings. The molecule has 1 atom stereocenters. The minimum absolute atomic E-state index is 0.0555. The highest BCUT2D eigenvalue weighted by Gasteiger charge is 2.30. The van der Waals surface area contributed by atoms with Gasteiger partial charge < -0.3 is 19.9 Å². The number of halogens is 1. The minimum atomic E-state index is -0.578. The maximum Gasteiger partial charge on any atom is 0.341 e. The van der Waals surface area contributed by atoms with Gasteiger partial charge in [-0.3, -0.25) is 9.59 Å². The lowest BCUT2D eigenvalue weighted by Crippen LogP contribution is -2.25. The Morgan fingerprint density at radius 2 is 1.93 bits per heavy atom. The van der Waals surface area contributed by atoms with E-state index in [4.69, 9.17) is 4.74 Å². The molecule has 12 heteroatoms. The second-order valence-corrected chi connectivity index (χ2v) is 12.1. The summed E-state index contributed by atoms with van der Waals surface area (Å²) in [5, 5.41) is 14.8. The largest absolute Gasteiger partial charge is 0.462 e. The summed E-state index contributed by atoms with van der Waals surface area (Å²) in [4.78, 5) is 39.8. The van der Waals surface area contributed by atoms with E-state index in [9.17, 15) is 18.8 Å². The molecule has 218 valence electrons. The number of fused-ring (bicyclic) bond motifs is 1. The number of nitrogens with one attached hydrogen (secondary N) is 2. The Hall–Kier alpha value is -4.03. The maximum atomic E-state index is 13.6. The number of esters is 1. The van der Waals surface area contributed by atoms with Crippen LogP contribution in [-0.2, 0) is 35.5 Å². The molecule has 4 aromatic rings. The number of hydrogen-bond acceptors (Lipinski definition) is 8. The topological polar surface area (TPSA) is 115 Å². The van der Waals surface area contributed by atoms with Gasteiger partial charge in [-0.05, 0) is 62.4 Å². The van der Waals surface area contributed by atoms with Crippen LogP contribution in [0, 0.1) is 5.82 Å².